The number of carboxylic acids is 1. The molecular formula is C19H15NO4S2. The van der Waals surface area contributed by atoms with Gasteiger partial charge in [-0.05, 0) is 29.3 Å². The van der Waals surface area contributed by atoms with Gasteiger partial charge in [0.1, 0.15) is 10.1 Å². The fourth-order valence-electron chi connectivity index (χ4n) is 2.62. The number of thioether (sulfide) groups is 1. The minimum absolute atomic E-state index is 0.223. The summed E-state index contributed by atoms with van der Waals surface area (Å²) < 4.78 is 5.40. The van der Waals surface area contributed by atoms with Crippen molar-refractivity contribution in [3.05, 3.63) is 70.6 Å². The molecule has 26 heavy (non-hydrogen) atoms. The van der Waals surface area contributed by atoms with E-state index in [1.807, 2.05) is 12.1 Å². The Bertz CT molecular complexity index is 895. The van der Waals surface area contributed by atoms with Gasteiger partial charge >= 0.3 is 5.97 Å². The average molecular weight is 385 g/mol. The predicted molar refractivity (Wildman–Crippen MR) is 105 cm³/mol. The predicted octanol–water partition coefficient (Wildman–Crippen LogP) is 3.72. The summed E-state index contributed by atoms with van der Waals surface area (Å²) in [7, 11) is 1.57. The van der Waals surface area contributed by atoms with Gasteiger partial charge in [-0.3, -0.25) is 9.69 Å². The number of amides is 1. The van der Waals surface area contributed by atoms with Gasteiger partial charge in [0.25, 0.3) is 5.91 Å². The Morgan fingerprint density at radius 2 is 1.96 bits per heavy atom. The van der Waals surface area contributed by atoms with Crippen LogP contribution in [-0.2, 0) is 9.59 Å². The van der Waals surface area contributed by atoms with Crippen molar-refractivity contribution < 1.29 is 19.4 Å². The fraction of sp³-hybridized carbons (Fsp3) is 0.105. The molecule has 1 saturated heterocycles. The Morgan fingerprint density at radius 3 is 2.62 bits per heavy atom. The van der Waals surface area contributed by atoms with E-state index in [4.69, 9.17) is 17.0 Å². The van der Waals surface area contributed by atoms with Crippen molar-refractivity contribution in [2.75, 3.05) is 7.11 Å². The van der Waals surface area contributed by atoms with Crippen molar-refractivity contribution in [2.45, 2.75) is 6.04 Å². The molecule has 5 nitrogen and oxygen atoms in total. The van der Waals surface area contributed by atoms with E-state index in [-0.39, 0.29) is 4.32 Å². The monoisotopic (exact) mass is 385 g/mol. The van der Waals surface area contributed by atoms with Gasteiger partial charge in [-0.1, -0.05) is 66.4 Å². The zero-order valence-electron chi connectivity index (χ0n) is 13.8. The Hall–Kier alpha value is -2.64. The summed E-state index contributed by atoms with van der Waals surface area (Å²) >= 11 is 6.39. The molecule has 132 valence electrons. The number of carbonyl (C=O) groups is 2. The molecule has 2 aromatic rings. The second-order valence-electron chi connectivity index (χ2n) is 5.48. The summed E-state index contributed by atoms with van der Waals surface area (Å²) in [6.45, 7) is 0. The molecule has 1 fully saturated rings. The van der Waals surface area contributed by atoms with Crippen molar-refractivity contribution in [2.24, 2.45) is 0 Å². The maximum Gasteiger partial charge on any atom is 0.331 e. The number of ether oxygens (including phenoxy) is 1. The minimum Gasteiger partial charge on any atom is -0.497 e. The lowest BCUT2D eigenvalue weighted by Gasteiger charge is -2.23. The average Bonchev–Trinajstić information content (AvgIpc) is 2.90. The third-order valence-corrected chi connectivity index (χ3v) is 5.15. The zero-order chi connectivity index (χ0) is 18.7. The number of hydrogen-bond acceptors (Lipinski definition) is 5. The second kappa shape index (κ2) is 7.72. The quantitative estimate of drug-likeness (QED) is 0.625. The van der Waals surface area contributed by atoms with E-state index in [0.717, 1.165) is 22.2 Å². The summed E-state index contributed by atoms with van der Waals surface area (Å²) in [6.07, 6.45) is 1.69. The standard InChI is InChI=1S/C19H15NO4S2/c1-24-14-9-5-6-12(10-14)11-15-17(21)20(19(25)26-15)16(18(22)23)13-7-3-2-4-8-13/h2-11,16H,1H3,(H,22,23)/b15-11-/t16-/m1/s1. The first kappa shape index (κ1) is 18.2. The first-order valence-electron chi connectivity index (χ1n) is 7.70. The maximum atomic E-state index is 12.8. The third kappa shape index (κ3) is 3.63. The van der Waals surface area contributed by atoms with Crippen molar-refractivity contribution in [1.82, 2.24) is 4.90 Å². The van der Waals surface area contributed by atoms with Gasteiger partial charge in [-0.2, -0.15) is 0 Å². The summed E-state index contributed by atoms with van der Waals surface area (Å²) in [4.78, 5) is 26.2. The molecule has 0 aliphatic carbocycles. The Balaban J connectivity index is 1.95. The van der Waals surface area contributed by atoms with Crippen LogP contribution < -0.4 is 4.74 Å². The number of carboxylic acid groups (broad SMARTS) is 1. The Kier molecular flexibility index (Phi) is 5.39. The molecule has 0 saturated carbocycles. The topological polar surface area (TPSA) is 66.8 Å². The Labute approximate surface area is 160 Å². The summed E-state index contributed by atoms with van der Waals surface area (Å²) in [5.74, 6) is -0.879. The molecule has 0 aromatic heterocycles. The lowest BCUT2D eigenvalue weighted by molar-refractivity contribution is -0.145. The van der Waals surface area contributed by atoms with E-state index in [1.54, 1.807) is 55.7 Å². The minimum atomic E-state index is -1.15. The van der Waals surface area contributed by atoms with E-state index in [1.165, 1.54) is 0 Å². The number of carbonyl (C=O) groups excluding carboxylic acids is 1. The van der Waals surface area contributed by atoms with E-state index >= 15 is 0 Å². The number of methoxy groups -OCH3 is 1. The number of aliphatic carboxylic acids is 1. The normalized spacial score (nSPS) is 16.8. The molecule has 1 atom stereocenters. The van der Waals surface area contributed by atoms with Crippen LogP contribution in [0, 0.1) is 0 Å². The van der Waals surface area contributed by atoms with Gasteiger partial charge in [0.2, 0.25) is 0 Å². The molecule has 0 unspecified atom stereocenters. The van der Waals surface area contributed by atoms with Crippen LogP contribution in [0.2, 0.25) is 0 Å². The molecule has 2 aromatic carbocycles. The molecule has 7 heteroatoms. The highest BCUT2D eigenvalue weighted by atomic mass is 32.2. The van der Waals surface area contributed by atoms with Crippen molar-refractivity contribution in [1.29, 1.82) is 0 Å². The van der Waals surface area contributed by atoms with E-state index in [9.17, 15) is 14.7 Å². The Morgan fingerprint density at radius 1 is 1.23 bits per heavy atom. The highest BCUT2D eigenvalue weighted by Gasteiger charge is 2.41. The summed E-state index contributed by atoms with van der Waals surface area (Å²) in [6, 6.07) is 14.7. The fourth-order valence-corrected chi connectivity index (χ4v) is 3.94. The van der Waals surface area contributed by atoms with Crippen LogP contribution in [-0.4, -0.2) is 33.3 Å². The SMILES string of the molecule is COc1cccc(/C=C2\SC(=S)N([C@@H](C(=O)O)c3ccccc3)C2=O)c1. The van der Waals surface area contributed by atoms with Gasteiger partial charge in [0.05, 0.1) is 12.0 Å². The molecule has 0 radical (unpaired) electrons. The van der Waals surface area contributed by atoms with Crippen molar-refractivity contribution >= 4 is 46.3 Å². The largest absolute Gasteiger partial charge is 0.497 e. The van der Waals surface area contributed by atoms with Gasteiger partial charge in [0, 0.05) is 0 Å². The highest BCUT2D eigenvalue weighted by Crippen LogP contribution is 2.38. The molecule has 1 N–H and O–H groups in total. The molecule has 1 amide bonds. The van der Waals surface area contributed by atoms with Gasteiger partial charge in [0.15, 0.2) is 6.04 Å². The van der Waals surface area contributed by atoms with Crippen LogP contribution in [0.15, 0.2) is 59.5 Å². The number of nitrogens with zero attached hydrogens (tertiary/aromatic N) is 1. The lowest BCUT2D eigenvalue weighted by atomic mass is 10.1. The summed E-state index contributed by atoms with van der Waals surface area (Å²) in [5, 5.41) is 9.67. The van der Waals surface area contributed by atoms with E-state index < -0.39 is 17.9 Å². The molecule has 3 rings (SSSR count). The maximum absolute atomic E-state index is 12.8. The smallest absolute Gasteiger partial charge is 0.331 e. The number of thiocarbonyl (C=S) groups is 1. The molecular weight excluding hydrogens is 370 g/mol. The van der Waals surface area contributed by atoms with Crippen LogP contribution in [0.25, 0.3) is 6.08 Å². The van der Waals surface area contributed by atoms with Crippen LogP contribution in [0.4, 0.5) is 0 Å². The molecule has 1 aliphatic rings. The van der Waals surface area contributed by atoms with Crippen molar-refractivity contribution in [3.63, 3.8) is 0 Å². The molecule has 1 aliphatic heterocycles. The zero-order valence-corrected chi connectivity index (χ0v) is 15.4. The number of benzene rings is 2. The first-order chi connectivity index (χ1) is 12.5. The van der Waals surface area contributed by atoms with E-state index in [0.29, 0.717) is 16.2 Å². The third-order valence-electron chi connectivity index (χ3n) is 3.82. The van der Waals surface area contributed by atoms with Gasteiger partial charge < -0.3 is 9.84 Å². The van der Waals surface area contributed by atoms with E-state index in [2.05, 4.69) is 0 Å². The summed E-state index contributed by atoms with van der Waals surface area (Å²) in [5.41, 5.74) is 1.27. The van der Waals surface area contributed by atoms with Crippen LogP contribution in [0.1, 0.15) is 17.2 Å². The molecule has 1 heterocycles. The van der Waals surface area contributed by atoms with Crippen LogP contribution >= 0.6 is 24.0 Å². The second-order valence-corrected chi connectivity index (χ2v) is 7.16. The van der Waals surface area contributed by atoms with Gasteiger partial charge in [-0.25, -0.2) is 4.79 Å². The highest BCUT2D eigenvalue weighted by molar-refractivity contribution is 8.26. The number of hydrogen-bond donors (Lipinski definition) is 1. The van der Waals surface area contributed by atoms with Crippen LogP contribution in [0.5, 0.6) is 5.75 Å². The number of rotatable bonds is 5. The van der Waals surface area contributed by atoms with Gasteiger partial charge in [-0.15, -0.1) is 0 Å². The van der Waals surface area contributed by atoms with Crippen LogP contribution in [0.3, 0.4) is 0 Å². The molecule has 0 spiro atoms. The molecule has 0 bridgehead atoms. The van der Waals surface area contributed by atoms with Crippen molar-refractivity contribution in [3.8, 4) is 5.75 Å². The first-order valence-corrected chi connectivity index (χ1v) is 8.92. The lowest BCUT2D eigenvalue weighted by Crippen LogP contribution is -2.37.